The third-order valence-corrected chi connectivity index (χ3v) is 2.85. The van der Waals surface area contributed by atoms with Crippen LogP contribution >= 0.6 is 0 Å². The Morgan fingerprint density at radius 1 is 1.22 bits per heavy atom. The van der Waals surface area contributed by atoms with E-state index in [1.54, 1.807) is 19.0 Å². The van der Waals surface area contributed by atoms with Crippen LogP contribution in [0.1, 0.15) is 38.2 Å². The zero-order chi connectivity index (χ0) is 13.5. The number of ether oxygens (including phenoxy) is 1. The molecule has 0 aliphatic heterocycles. The molecule has 1 amide bonds. The van der Waals surface area contributed by atoms with E-state index in [2.05, 4.69) is 26.0 Å². The van der Waals surface area contributed by atoms with E-state index in [-0.39, 0.29) is 5.91 Å². The van der Waals surface area contributed by atoms with Gasteiger partial charge in [0.15, 0.2) is 0 Å². The van der Waals surface area contributed by atoms with Gasteiger partial charge in [0.2, 0.25) is 5.91 Å². The smallest absolute Gasteiger partial charge is 0.222 e. The van der Waals surface area contributed by atoms with Gasteiger partial charge in [-0.3, -0.25) is 4.79 Å². The Kier molecular flexibility index (Phi) is 5.69. The molecule has 0 saturated heterocycles. The first kappa shape index (κ1) is 14.6. The summed E-state index contributed by atoms with van der Waals surface area (Å²) in [7, 11) is 3.54. The topological polar surface area (TPSA) is 29.5 Å². The molecule has 0 saturated carbocycles. The minimum absolute atomic E-state index is 0.147. The van der Waals surface area contributed by atoms with Crippen LogP contribution < -0.4 is 4.74 Å². The van der Waals surface area contributed by atoms with Crippen LogP contribution in [0, 0.1) is 0 Å². The van der Waals surface area contributed by atoms with Crippen LogP contribution in [0.4, 0.5) is 0 Å². The fourth-order valence-corrected chi connectivity index (χ4v) is 1.59. The molecule has 0 aliphatic carbocycles. The van der Waals surface area contributed by atoms with Crippen molar-refractivity contribution < 1.29 is 9.53 Å². The van der Waals surface area contributed by atoms with Gasteiger partial charge >= 0.3 is 0 Å². The summed E-state index contributed by atoms with van der Waals surface area (Å²) >= 11 is 0. The Morgan fingerprint density at radius 2 is 1.83 bits per heavy atom. The van der Waals surface area contributed by atoms with E-state index in [9.17, 15) is 4.79 Å². The molecular formula is C15H23NO2. The molecule has 0 aliphatic rings. The molecule has 0 radical (unpaired) electrons. The van der Waals surface area contributed by atoms with E-state index >= 15 is 0 Å². The summed E-state index contributed by atoms with van der Waals surface area (Å²) in [5, 5.41) is 0. The second-order valence-electron chi connectivity index (χ2n) is 4.96. The lowest BCUT2D eigenvalue weighted by atomic mass is 10.0. The van der Waals surface area contributed by atoms with Gasteiger partial charge in [-0.15, -0.1) is 0 Å². The minimum Gasteiger partial charge on any atom is -0.494 e. The molecule has 3 nitrogen and oxygen atoms in total. The first-order valence-electron chi connectivity index (χ1n) is 6.43. The van der Waals surface area contributed by atoms with E-state index < -0.39 is 0 Å². The maximum absolute atomic E-state index is 11.3. The second-order valence-corrected chi connectivity index (χ2v) is 4.96. The summed E-state index contributed by atoms with van der Waals surface area (Å²) in [5.41, 5.74) is 1.31. The summed E-state index contributed by atoms with van der Waals surface area (Å²) in [6, 6.07) is 8.15. The van der Waals surface area contributed by atoms with Crippen molar-refractivity contribution in [3.8, 4) is 5.75 Å². The van der Waals surface area contributed by atoms with E-state index in [1.165, 1.54) is 5.56 Å². The maximum Gasteiger partial charge on any atom is 0.222 e. The van der Waals surface area contributed by atoms with Crippen LogP contribution in [0.2, 0.25) is 0 Å². The molecule has 0 heterocycles. The lowest BCUT2D eigenvalue weighted by Gasteiger charge is -2.11. The summed E-state index contributed by atoms with van der Waals surface area (Å²) in [5.74, 6) is 1.56. The lowest BCUT2D eigenvalue weighted by molar-refractivity contribution is -0.128. The van der Waals surface area contributed by atoms with Crippen molar-refractivity contribution >= 4 is 5.91 Å². The van der Waals surface area contributed by atoms with Gasteiger partial charge in [0.1, 0.15) is 5.75 Å². The average molecular weight is 249 g/mol. The quantitative estimate of drug-likeness (QED) is 0.725. The maximum atomic E-state index is 11.3. The van der Waals surface area contributed by atoms with Gasteiger partial charge in [-0.1, -0.05) is 26.0 Å². The highest BCUT2D eigenvalue weighted by molar-refractivity contribution is 5.75. The number of carbonyl (C=O) groups is 1. The Balaban J connectivity index is 2.29. The predicted molar refractivity (Wildman–Crippen MR) is 74.0 cm³/mol. The van der Waals surface area contributed by atoms with Gasteiger partial charge in [0.05, 0.1) is 6.61 Å². The van der Waals surface area contributed by atoms with Crippen LogP contribution in [0.5, 0.6) is 5.75 Å². The molecule has 1 rings (SSSR count). The van der Waals surface area contributed by atoms with E-state index in [0.717, 1.165) is 12.2 Å². The number of amides is 1. The van der Waals surface area contributed by atoms with Gasteiger partial charge in [-0.2, -0.15) is 0 Å². The van der Waals surface area contributed by atoms with Crippen molar-refractivity contribution in [3.05, 3.63) is 29.8 Å². The molecule has 0 bridgehead atoms. The number of hydrogen-bond donors (Lipinski definition) is 0. The van der Waals surface area contributed by atoms with E-state index in [1.807, 2.05) is 12.1 Å². The number of rotatable bonds is 6. The Hall–Kier alpha value is -1.51. The summed E-state index contributed by atoms with van der Waals surface area (Å²) < 4.78 is 5.60. The van der Waals surface area contributed by atoms with Crippen molar-refractivity contribution in [1.29, 1.82) is 0 Å². The molecule has 0 aromatic heterocycles. The largest absolute Gasteiger partial charge is 0.494 e. The fraction of sp³-hybridized carbons (Fsp3) is 0.533. The monoisotopic (exact) mass is 249 g/mol. The zero-order valence-corrected chi connectivity index (χ0v) is 11.8. The second kappa shape index (κ2) is 7.04. The third kappa shape index (κ3) is 4.78. The Morgan fingerprint density at radius 3 is 2.33 bits per heavy atom. The lowest BCUT2D eigenvalue weighted by Crippen LogP contribution is -2.21. The van der Waals surface area contributed by atoms with Crippen molar-refractivity contribution in [2.24, 2.45) is 0 Å². The molecule has 18 heavy (non-hydrogen) atoms. The van der Waals surface area contributed by atoms with Gasteiger partial charge in [0.25, 0.3) is 0 Å². The highest BCUT2D eigenvalue weighted by atomic mass is 16.5. The first-order chi connectivity index (χ1) is 8.50. The van der Waals surface area contributed by atoms with Crippen LogP contribution in [0.15, 0.2) is 24.3 Å². The highest BCUT2D eigenvalue weighted by Crippen LogP contribution is 2.18. The third-order valence-electron chi connectivity index (χ3n) is 2.85. The first-order valence-corrected chi connectivity index (χ1v) is 6.43. The van der Waals surface area contributed by atoms with E-state index in [0.29, 0.717) is 18.9 Å². The number of nitrogens with zero attached hydrogens (tertiary/aromatic N) is 1. The van der Waals surface area contributed by atoms with Gasteiger partial charge in [0, 0.05) is 20.5 Å². The number of hydrogen-bond acceptors (Lipinski definition) is 2. The normalized spacial score (nSPS) is 10.5. The van der Waals surface area contributed by atoms with Gasteiger partial charge in [-0.25, -0.2) is 0 Å². The molecular weight excluding hydrogens is 226 g/mol. The molecule has 3 heteroatoms. The predicted octanol–water partition coefficient (Wildman–Crippen LogP) is 3.06. The molecule has 0 unspecified atom stereocenters. The van der Waals surface area contributed by atoms with Gasteiger partial charge < -0.3 is 9.64 Å². The number of benzene rings is 1. The molecule has 1 aromatic rings. The standard InChI is InChI=1S/C15H23NO2/c1-12(2)13-7-9-14(10-8-13)18-11-5-6-15(17)16(3)4/h7-10,12H,5-6,11H2,1-4H3. The Labute approximate surface area is 110 Å². The SMILES string of the molecule is CC(C)c1ccc(OCCCC(=O)N(C)C)cc1. The van der Waals surface area contributed by atoms with Crippen LogP contribution in [0.25, 0.3) is 0 Å². The van der Waals surface area contributed by atoms with Crippen molar-refractivity contribution in [2.45, 2.75) is 32.6 Å². The molecule has 0 fully saturated rings. The molecule has 0 atom stereocenters. The van der Waals surface area contributed by atoms with Gasteiger partial charge in [-0.05, 0) is 30.0 Å². The fourth-order valence-electron chi connectivity index (χ4n) is 1.59. The molecule has 100 valence electrons. The van der Waals surface area contributed by atoms with Crippen LogP contribution in [-0.4, -0.2) is 31.5 Å². The zero-order valence-electron chi connectivity index (χ0n) is 11.8. The van der Waals surface area contributed by atoms with Crippen LogP contribution in [-0.2, 0) is 4.79 Å². The minimum atomic E-state index is 0.147. The summed E-state index contributed by atoms with van der Waals surface area (Å²) in [6.45, 7) is 4.92. The van der Waals surface area contributed by atoms with Crippen molar-refractivity contribution in [1.82, 2.24) is 4.90 Å². The highest BCUT2D eigenvalue weighted by Gasteiger charge is 2.03. The molecule has 0 spiro atoms. The van der Waals surface area contributed by atoms with Crippen LogP contribution in [0.3, 0.4) is 0 Å². The summed E-state index contributed by atoms with van der Waals surface area (Å²) in [4.78, 5) is 13.0. The van der Waals surface area contributed by atoms with E-state index in [4.69, 9.17) is 4.74 Å². The molecule has 1 aromatic carbocycles. The Bertz CT molecular complexity index is 369. The van der Waals surface area contributed by atoms with Crippen molar-refractivity contribution in [2.75, 3.05) is 20.7 Å². The summed E-state index contributed by atoms with van der Waals surface area (Å²) in [6.07, 6.45) is 1.29. The molecule has 0 N–H and O–H groups in total. The number of carbonyl (C=O) groups excluding carboxylic acids is 1. The van der Waals surface area contributed by atoms with Crippen molar-refractivity contribution in [3.63, 3.8) is 0 Å². The average Bonchev–Trinajstić information content (AvgIpc) is 2.34.